The van der Waals surface area contributed by atoms with Gasteiger partial charge in [0.2, 0.25) is 0 Å². The first-order valence-electron chi connectivity index (χ1n) is 6.39. The summed E-state index contributed by atoms with van der Waals surface area (Å²) in [7, 11) is 0. The minimum Gasteiger partial charge on any atom is -0.548 e. The van der Waals surface area contributed by atoms with Crippen LogP contribution in [0.4, 0.5) is 0 Å². The maximum atomic E-state index is 12.1. The van der Waals surface area contributed by atoms with Crippen molar-refractivity contribution in [2.75, 3.05) is 19.8 Å². The Morgan fingerprint density at radius 3 is 2.82 bits per heavy atom. The van der Waals surface area contributed by atoms with Crippen LogP contribution in [-0.4, -0.2) is 40.9 Å². The van der Waals surface area contributed by atoms with Gasteiger partial charge in [0.1, 0.15) is 17.5 Å². The number of nitrogens with zero attached hydrogens (tertiary/aromatic N) is 1. The van der Waals surface area contributed by atoms with Gasteiger partial charge in [-0.15, -0.1) is 0 Å². The van der Waals surface area contributed by atoms with Gasteiger partial charge in [-0.3, -0.25) is 9.69 Å². The number of fused-ring (bicyclic) bond motifs is 1. The van der Waals surface area contributed by atoms with Crippen LogP contribution in [0.2, 0.25) is 0 Å². The molecule has 0 bridgehead atoms. The van der Waals surface area contributed by atoms with E-state index < -0.39 is 18.4 Å². The van der Waals surface area contributed by atoms with Gasteiger partial charge in [0.05, 0.1) is 17.4 Å². The van der Waals surface area contributed by atoms with Crippen LogP contribution in [-0.2, 0) is 9.59 Å². The minimum absolute atomic E-state index is 0.206. The lowest BCUT2D eigenvalue weighted by molar-refractivity contribution is -0.305. The number of benzene rings is 1. The normalized spacial score (nSPS) is 18.9. The predicted octanol–water partition coefficient (Wildman–Crippen LogP) is 0.409. The molecule has 1 aromatic rings. The monoisotopic (exact) mass is 336 g/mol. The third-order valence-electron chi connectivity index (χ3n) is 3.02. The zero-order chi connectivity index (χ0) is 15.7. The second kappa shape index (κ2) is 5.98. The topological polar surface area (TPSA) is 78.9 Å². The van der Waals surface area contributed by atoms with Crippen molar-refractivity contribution in [3.05, 3.63) is 28.7 Å². The number of carbonyl (C=O) groups is 2. The summed E-state index contributed by atoms with van der Waals surface area (Å²) in [6, 6.07) is 5.32. The van der Waals surface area contributed by atoms with Gasteiger partial charge in [-0.1, -0.05) is 30.0 Å². The summed E-state index contributed by atoms with van der Waals surface area (Å²) < 4.78 is 11.1. The molecule has 2 aliphatic heterocycles. The Kier molecular flexibility index (Phi) is 4.04. The first-order chi connectivity index (χ1) is 10.5. The molecule has 1 amide bonds. The molecule has 0 saturated carbocycles. The summed E-state index contributed by atoms with van der Waals surface area (Å²) in [6.45, 7) is 0.446. The van der Waals surface area contributed by atoms with Crippen LogP contribution in [0, 0.1) is 0 Å². The molecule has 0 unspecified atom stereocenters. The average Bonchev–Trinajstić information content (AvgIpc) is 2.74. The quantitative estimate of drug-likeness (QED) is 0.584. The molecule has 0 atom stereocenters. The van der Waals surface area contributed by atoms with Gasteiger partial charge in [0.15, 0.2) is 11.5 Å². The third-order valence-corrected chi connectivity index (χ3v) is 4.40. The standard InChI is InChI=1S/C14H11NO5S2/c16-12(17)7-15-13(18)11(22-14(15)21)6-8-1-2-9-10(5-8)20-4-3-19-9/h1-2,5-6H,3-4,7H2,(H,16,17)/p-1/b11-6+. The summed E-state index contributed by atoms with van der Waals surface area (Å²) in [5.74, 6) is -0.510. The van der Waals surface area contributed by atoms with Gasteiger partial charge in [0, 0.05) is 0 Å². The highest BCUT2D eigenvalue weighted by Gasteiger charge is 2.31. The fourth-order valence-corrected chi connectivity index (χ4v) is 3.32. The van der Waals surface area contributed by atoms with E-state index in [-0.39, 0.29) is 4.32 Å². The molecule has 0 spiro atoms. The van der Waals surface area contributed by atoms with Crippen molar-refractivity contribution in [3.8, 4) is 11.5 Å². The summed E-state index contributed by atoms with van der Waals surface area (Å²) >= 11 is 6.08. The number of amides is 1. The molecule has 2 aliphatic rings. The first-order valence-corrected chi connectivity index (χ1v) is 7.62. The van der Waals surface area contributed by atoms with Crippen LogP contribution in [0.3, 0.4) is 0 Å². The Bertz CT molecular complexity index is 700. The van der Waals surface area contributed by atoms with E-state index in [2.05, 4.69) is 0 Å². The van der Waals surface area contributed by atoms with Crippen LogP contribution in [0.25, 0.3) is 6.08 Å². The molecular weight excluding hydrogens is 326 g/mol. The van der Waals surface area contributed by atoms with Crippen molar-refractivity contribution < 1.29 is 24.2 Å². The summed E-state index contributed by atoms with van der Waals surface area (Å²) in [6.07, 6.45) is 1.65. The molecule has 0 aromatic heterocycles. The lowest BCUT2D eigenvalue weighted by Gasteiger charge is -2.18. The molecule has 114 valence electrons. The second-order valence-corrected chi connectivity index (χ2v) is 6.22. The number of hydrogen-bond acceptors (Lipinski definition) is 7. The van der Waals surface area contributed by atoms with Crippen molar-refractivity contribution >= 4 is 46.3 Å². The lowest BCUT2D eigenvalue weighted by atomic mass is 10.1. The van der Waals surface area contributed by atoms with Crippen molar-refractivity contribution in [1.29, 1.82) is 0 Å². The number of thiocarbonyl (C=S) groups is 1. The molecule has 1 fully saturated rings. The Morgan fingerprint density at radius 2 is 2.09 bits per heavy atom. The Morgan fingerprint density at radius 1 is 1.36 bits per heavy atom. The molecule has 2 heterocycles. The van der Waals surface area contributed by atoms with Crippen molar-refractivity contribution in [2.45, 2.75) is 0 Å². The fourth-order valence-electron chi connectivity index (χ4n) is 2.07. The van der Waals surface area contributed by atoms with E-state index in [1.54, 1.807) is 24.3 Å². The van der Waals surface area contributed by atoms with E-state index in [0.717, 1.165) is 22.2 Å². The SMILES string of the molecule is O=C([O-])CN1C(=O)/C(=C\c2ccc3c(c2)OCCO3)SC1=S. The second-order valence-electron chi connectivity index (χ2n) is 4.54. The predicted molar refractivity (Wildman–Crippen MR) is 82.3 cm³/mol. The fraction of sp³-hybridized carbons (Fsp3) is 0.214. The number of ether oxygens (including phenoxy) is 2. The zero-order valence-corrected chi connectivity index (χ0v) is 12.9. The summed E-state index contributed by atoms with van der Waals surface area (Å²) in [5.41, 5.74) is 0.748. The number of carboxylic acid groups (broad SMARTS) is 1. The maximum Gasteiger partial charge on any atom is 0.266 e. The van der Waals surface area contributed by atoms with E-state index in [0.29, 0.717) is 29.6 Å². The molecule has 3 rings (SSSR count). The van der Waals surface area contributed by atoms with Crippen LogP contribution < -0.4 is 14.6 Å². The lowest BCUT2D eigenvalue weighted by Crippen LogP contribution is -2.40. The number of rotatable bonds is 3. The van der Waals surface area contributed by atoms with Gasteiger partial charge < -0.3 is 19.4 Å². The van der Waals surface area contributed by atoms with Gasteiger partial charge in [0.25, 0.3) is 5.91 Å². The third kappa shape index (κ3) is 2.93. The Balaban J connectivity index is 1.85. The highest BCUT2D eigenvalue weighted by atomic mass is 32.2. The molecule has 0 N–H and O–H groups in total. The molecule has 1 saturated heterocycles. The molecular formula is C14H10NO5S2-. The molecule has 6 nitrogen and oxygen atoms in total. The Labute approximate surface area is 135 Å². The van der Waals surface area contributed by atoms with E-state index >= 15 is 0 Å². The number of carboxylic acids is 1. The van der Waals surface area contributed by atoms with Gasteiger partial charge >= 0.3 is 0 Å². The van der Waals surface area contributed by atoms with Crippen molar-refractivity contribution in [1.82, 2.24) is 4.90 Å². The highest BCUT2D eigenvalue weighted by molar-refractivity contribution is 8.26. The molecule has 8 heteroatoms. The number of thioether (sulfide) groups is 1. The van der Waals surface area contributed by atoms with Crippen molar-refractivity contribution in [3.63, 3.8) is 0 Å². The first kappa shape index (κ1) is 14.9. The molecule has 0 radical (unpaired) electrons. The summed E-state index contributed by atoms with van der Waals surface area (Å²) in [4.78, 5) is 24.2. The van der Waals surface area contributed by atoms with Gasteiger partial charge in [-0.05, 0) is 23.8 Å². The molecule has 0 aliphatic carbocycles. The molecule has 1 aromatic carbocycles. The number of aliphatic carboxylic acids is 1. The van der Waals surface area contributed by atoms with Crippen molar-refractivity contribution in [2.24, 2.45) is 0 Å². The van der Waals surface area contributed by atoms with E-state index in [4.69, 9.17) is 21.7 Å². The zero-order valence-electron chi connectivity index (χ0n) is 11.2. The van der Waals surface area contributed by atoms with Crippen LogP contribution in [0.1, 0.15) is 5.56 Å². The van der Waals surface area contributed by atoms with Crippen LogP contribution >= 0.6 is 24.0 Å². The summed E-state index contributed by atoms with van der Waals surface area (Å²) in [5, 5.41) is 10.6. The van der Waals surface area contributed by atoms with E-state index in [9.17, 15) is 14.7 Å². The number of carbonyl (C=O) groups excluding carboxylic acids is 2. The maximum absolute atomic E-state index is 12.1. The Hall–Kier alpha value is -2.06. The highest BCUT2D eigenvalue weighted by Crippen LogP contribution is 2.35. The minimum atomic E-state index is -1.35. The molecule has 22 heavy (non-hydrogen) atoms. The van der Waals surface area contributed by atoms with Crippen LogP contribution in [0.5, 0.6) is 11.5 Å². The number of hydrogen-bond donors (Lipinski definition) is 0. The van der Waals surface area contributed by atoms with E-state index in [1.807, 2.05) is 0 Å². The largest absolute Gasteiger partial charge is 0.548 e. The van der Waals surface area contributed by atoms with E-state index in [1.165, 1.54) is 0 Å². The van der Waals surface area contributed by atoms with Gasteiger partial charge in [-0.25, -0.2) is 0 Å². The smallest absolute Gasteiger partial charge is 0.266 e. The van der Waals surface area contributed by atoms with Crippen LogP contribution in [0.15, 0.2) is 23.1 Å². The van der Waals surface area contributed by atoms with Gasteiger partial charge in [-0.2, -0.15) is 0 Å². The average molecular weight is 336 g/mol.